The van der Waals surface area contributed by atoms with Crippen LogP contribution in [-0.2, 0) is 0 Å². The number of nitrogens with one attached hydrogen (secondary N) is 1. The van der Waals surface area contributed by atoms with Crippen LogP contribution in [0.2, 0.25) is 0 Å². The lowest BCUT2D eigenvalue weighted by Gasteiger charge is -2.26. The van der Waals surface area contributed by atoms with Gasteiger partial charge >= 0.3 is 0 Å². The van der Waals surface area contributed by atoms with E-state index in [9.17, 15) is 0 Å². The zero-order chi connectivity index (χ0) is 13.9. The van der Waals surface area contributed by atoms with Gasteiger partial charge in [0.2, 0.25) is 0 Å². The molecule has 3 rings (SSSR count). The molecule has 3 N–H and O–H groups in total. The second-order valence-electron chi connectivity index (χ2n) is 4.75. The Morgan fingerprint density at radius 1 is 1.05 bits per heavy atom. The van der Waals surface area contributed by atoms with E-state index in [1.807, 2.05) is 48.5 Å². The topological polar surface area (TPSA) is 62.3 Å². The Labute approximate surface area is 118 Å². The molecule has 0 radical (unpaired) electrons. The highest BCUT2D eigenvalue weighted by Crippen LogP contribution is 2.37. The van der Waals surface area contributed by atoms with Crippen LogP contribution in [0.25, 0.3) is 0 Å². The fraction of sp³-hybridized carbons (Fsp3) is 0.188. The van der Waals surface area contributed by atoms with Gasteiger partial charge in [0.15, 0.2) is 0 Å². The van der Waals surface area contributed by atoms with Crippen LogP contribution in [-0.4, -0.2) is 19.0 Å². The van der Waals surface area contributed by atoms with Gasteiger partial charge in [-0.1, -0.05) is 24.3 Å². The molecule has 102 valence electrons. The van der Waals surface area contributed by atoms with Crippen LogP contribution < -0.4 is 15.4 Å². The SMILES string of the molecule is N=C(N)c1ccccc1N1CCCOc2ccccc21. The van der Waals surface area contributed by atoms with Gasteiger partial charge in [0, 0.05) is 12.1 Å². The van der Waals surface area contributed by atoms with Crippen molar-refractivity contribution in [2.24, 2.45) is 5.73 Å². The van der Waals surface area contributed by atoms with Crippen LogP contribution in [0.1, 0.15) is 12.0 Å². The van der Waals surface area contributed by atoms with Crippen molar-refractivity contribution < 1.29 is 4.74 Å². The first-order valence-electron chi connectivity index (χ1n) is 6.70. The van der Waals surface area contributed by atoms with Crippen LogP contribution in [0.3, 0.4) is 0 Å². The highest BCUT2D eigenvalue weighted by molar-refractivity contribution is 6.01. The molecule has 0 saturated heterocycles. The van der Waals surface area contributed by atoms with E-state index >= 15 is 0 Å². The van der Waals surface area contributed by atoms with Gasteiger partial charge in [0.1, 0.15) is 11.6 Å². The maximum absolute atomic E-state index is 7.75. The number of para-hydroxylation sites is 3. The van der Waals surface area contributed by atoms with Crippen LogP contribution in [0.4, 0.5) is 11.4 Å². The average molecular weight is 267 g/mol. The second-order valence-corrected chi connectivity index (χ2v) is 4.75. The molecule has 1 aliphatic rings. The van der Waals surface area contributed by atoms with Crippen LogP contribution in [0.15, 0.2) is 48.5 Å². The molecule has 0 atom stereocenters. The van der Waals surface area contributed by atoms with Crippen molar-refractivity contribution in [3.63, 3.8) is 0 Å². The van der Waals surface area contributed by atoms with E-state index in [0.717, 1.165) is 35.7 Å². The van der Waals surface area contributed by atoms with Gasteiger partial charge in [-0.3, -0.25) is 5.41 Å². The minimum Gasteiger partial charge on any atom is -0.491 e. The number of nitrogens with zero attached hydrogens (tertiary/aromatic N) is 1. The predicted octanol–water partition coefficient (Wildman–Crippen LogP) is 2.89. The molecule has 0 saturated carbocycles. The van der Waals surface area contributed by atoms with Crippen LogP contribution >= 0.6 is 0 Å². The number of amidine groups is 1. The molecule has 20 heavy (non-hydrogen) atoms. The van der Waals surface area contributed by atoms with Gasteiger partial charge in [-0.25, -0.2) is 0 Å². The smallest absolute Gasteiger partial charge is 0.142 e. The minimum absolute atomic E-state index is 0.0863. The molecular weight excluding hydrogens is 250 g/mol. The zero-order valence-corrected chi connectivity index (χ0v) is 11.2. The third kappa shape index (κ3) is 2.20. The third-order valence-corrected chi connectivity index (χ3v) is 3.42. The summed E-state index contributed by atoms with van der Waals surface area (Å²) >= 11 is 0. The maximum atomic E-state index is 7.75. The number of nitrogen functional groups attached to an aromatic ring is 1. The van der Waals surface area contributed by atoms with Crippen molar-refractivity contribution in [1.82, 2.24) is 0 Å². The van der Waals surface area contributed by atoms with E-state index in [-0.39, 0.29) is 5.84 Å². The molecule has 0 unspecified atom stereocenters. The van der Waals surface area contributed by atoms with Gasteiger partial charge in [-0.15, -0.1) is 0 Å². The largest absolute Gasteiger partial charge is 0.491 e. The van der Waals surface area contributed by atoms with Crippen LogP contribution in [0, 0.1) is 5.41 Å². The summed E-state index contributed by atoms with van der Waals surface area (Å²) < 4.78 is 5.77. The lowest BCUT2D eigenvalue weighted by atomic mass is 10.1. The number of hydrogen-bond acceptors (Lipinski definition) is 3. The van der Waals surface area contributed by atoms with Gasteiger partial charge in [0.05, 0.1) is 18.0 Å². The Hall–Kier alpha value is -2.49. The van der Waals surface area contributed by atoms with Crippen molar-refractivity contribution in [2.75, 3.05) is 18.1 Å². The number of rotatable bonds is 2. The first-order valence-corrected chi connectivity index (χ1v) is 6.70. The van der Waals surface area contributed by atoms with E-state index in [1.54, 1.807) is 0 Å². The van der Waals surface area contributed by atoms with E-state index in [4.69, 9.17) is 15.9 Å². The molecule has 4 nitrogen and oxygen atoms in total. The molecule has 2 aromatic rings. The fourth-order valence-corrected chi connectivity index (χ4v) is 2.51. The minimum atomic E-state index is 0.0863. The Morgan fingerprint density at radius 3 is 2.55 bits per heavy atom. The van der Waals surface area contributed by atoms with E-state index in [1.165, 1.54) is 0 Å². The molecule has 0 fully saturated rings. The number of fused-ring (bicyclic) bond motifs is 1. The van der Waals surface area contributed by atoms with Crippen molar-refractivity contribution in [3.05, 3.63) is 54.1 Å². The first-order chi connectivity index (χ1) is 9.77. The van der Waals surface area contributed by atoms with E-state index in [2.05, 4.69) is 4.90 Å². The summed E-state index contributed by atoms with van der Waals surface area (Å²) in [5, 5.41) is 7.75. The standard InChI is InChI=1S/C16H17N3O/c17-16(18)12-6-1-2-7-13(12)19-10-5-11-20-15-9-4-3-8-14(15)19/h1-4,6-9H,5,10-11H2,(H3,17,18). The summed E-state index contributed by atoms with van der Waals surface area (Å²) in [4.78, 5) is 2.18. The lowest BCUT2D eigenvalue weighted by Crippen LogP contribution is -2.22. The molecule has 0 bridgehead atoms. The molecule has 0 amide bonds. The third-order valence-electron chi connectivity index (χ3n) is 3.42. The van der Waals surface area contributed by atoms with Gasteiger partial charge in [-0.2, -0.15) is 0 Å². The second kappa shape index (κ2) is 5.25. The summed E-state index contributed by atoms with van der Waals surface area (Å²) in [6.07, 6.45) is 0.931. The number of nitrogens with two attached hydrogens (primary N) is 1. The Bertz CT molecular complexity index is 639. The summed E-state index contributed by atoms with van der Waals surface area (Å²) in [6, 6.07) is 15.7. The lowest BCUT2D eigenvalue weighted by molar-refractivity contribution is 0.322. The van der Waals surface area contributed by atoms with E-state index < -0.39 is 0 Å². The maximum Gasteiger partial charge on any atom is 0.142 e. The van der Waals surface area contributed by atoms with Gasteiger partial charge < -0.3 is 15.4 Å². The van der Waals surface area contributed by atoms with Crippen LogP contribution in [0.5, 0.6) is 5.75 Å². The number of ether oxygens (including phenoxy) is 1. The van der Waals surface area contributed by atoms with Crippen molar-refractivity contribution in [2.45, 2.75) is 6.42 Å². The highest BCUT2D eigenvalue weighted by Gasteiger charge is 2.20. The Morgan fingerprint density at radius 2 is 1.75 bits per heavy atom. The molecule has 0 aromatic heterocycles. The molecule has 2 aromatic carbocycles. The summed E-state index contributed by atoms with van der Waals surface area (Å²) in [7, 11) is 0. The summed E-state index contributed by atoms with van der Waals surface area (Å²) in [5.74, 6) is 0.964. The average Bonchev–Trinajstić information content (AvgIpc) is 2.69. The molecule has 0 aliphatic carbocycles. The first kappa shape index (κ1) is 12.5. The molecule has 1 heterocycles. The van der Waals surface area contributed by atoms with E-state index in [0.29, 0.717) is 6.61 Å². The quantitative estimate of drug-likeness (QED) is 0.649. The molecule has 0 spiro atoms. The molecular formula is C16H17N3O. The van der Waals surface area contributed by atoms with Gasteiger partial charge in [-0.05, 0) is 30.7 Å². The normalized spacial score (nSPS) is 14.1. The zero-order valence-electron chi connectivity index (χ0n) is 11.2. The van der Waals surface area contributed by atoms with Crippen molar-refractivity contribution >= 4 is 17.2 Å². The summed E-state index contributed by atoms with van der Waals surface area (Å²) in [6.45, 7) is 1.55. The summed E-state index contributed by atoms with van der Waals surface area (Å²) in [5.41, 5.74) is 8.44. The predicted molar refractivity (Wildman–Crippen MR) is 81.0 cm³/mol. The number of anilines is 2. The number of hydrogen-bond donors (Lipinski definition) is 2. The Kier molecular flexibility index (Phi) is 3.29. The highest BCUT2D eigenvalue weighted by atomic mass is 16.5. The molecule has 4 heteroatoms. The Balaban J connectivity index is 2.13. The van der Waals surface area contributed by atoms with Crippen molar-refractivity contribution in [1.29, 1.82) is 5.41 Å². The monoisotopic (exact) mass is 267 g/mol. The molecule has 1 aliphatic heterocycles. The van der Waals surface area contributed by atoms with Crippen molar-refractivity contribution in [3.8, 4) is 5.75 Å². The fourth-order valence-electron chi connectivity index (χ4n) is 2.51. The van der Waals surface area contributed by atoms with Gasteiger partial charge in [0.25, 0.3) is 0 Å². The number of benzene rings is 2.